The number of amides is 1. The molecule has 1 aromatic heterocycles. The summed E-state index contributed by atoms with van der Waals surface area (Å²) in [4.78, 5) is 13.9. The molecule has 0 bridgehead atoms. The summed E-state index contributed by atoms with van der Waals surface area (Å²) in [6, 6.07) is 8.70. The van der Waals surface area contributed by atoms with Crippen molar-refractivity contribution in [3.05, 3.63) is 51.7 Å². The predicted octanol–water partition coefficient (Wildman–Crippen LogP) is 3.87. The van der Waals surface area contributed by atoms with E-state index in [1.54, 1.807) is 16.7 Å². The standard InChI is InChI=1S/C18H19F3N2O3S2/c1-12-7-8-16(27-12)15-6-3-9-23(15)28(25,26)14-5-2-4-13(10-14)17(24)22-11-18(19,20)21/h2,4-5,7-8,10,15H,3,6,9,11H2,1H3,(H,22,24). The van der Waals surface area contributed by atoms with Gasteiger partial charge in [0.2, 0.25) is 10.0 Å². The third-order valence-corrected chi connectivity index (χ3v) is 7.45. The van der Waals surface area contributed by atoms with E-state index in [0.29, 0.717) is 19.4 Å². The lowest BCUT2D eigenvalue weighted by Gasteiger charge is -2.23. The number of alkyl halides is 3. The molecule has 1 aliphatic rings. The van der Waals surface area contributed by atoms with E-state index in [9.17, 15) is 26.4 Å². The van der Waals surface area contributed by atoms with Crippen molar-refractivity contribution in [3.8, 4) is 0 Å². The number of halogens is 3. The predicted molar refractivity (Wildman–Crippen MR) is 99.8 cm³/mol. The smallest absolute Gasteiger partial charge is 0.343 e. The van der Waals surface area contributed by atoms with Gasteiger partial charge >= 0.3 is 6.18 Å². The maximum Gasteiger partial charge on any atom is 0.405 e. The molecule has 1 atom stereocenters. The maximum atomic E-state index is 13.1. The first kappa shape index (κ1) is 20.8. The van der Waals surface area contributed by atoms with Gasteiger partial charge in [-0.05, 0) is 50.1 Å². The van der Waals surface area contributed by atoms with Gasteiger partial charge in [-0.15, -0.1) is 11.3 Å². The van der Waals surface area contributed by atoms with E-state index in [1.165, 1.54) is 22.5 Å². The number of nitrogens with one attached hydrogen (secondary N) is 1. The zero-order valence-electron chi connectivity index (χ0n) is 15.0. The van der Waals surface area contributed by atoms with Crippen LogP contribution in [0.1, 0.15) is 39.0 Å². The monoisotopic (exact) mass is 432 g/mol. The van der Waals surface area contributed by atoms with E-state index in [0.717, 1.165) is 15.8 Å². The fraction of sp³-hybridized carbons (Fsp3) is 0.389. The van der Waals surface area contributed by atoms with Crippen LogP contribution in [0.25, 0.3) is 0 Å². The molecule has 1 fully saturated rings. The largest absolute Gasteiger partial charge is 0.405 e. The summed E-state index contributed by atoms with van der Waals surface area (Å²) >= 11 is 1.54. The Labute approximate surface area is 165 Å². The number of aryl methyl sites for hydroxylation is 1. The lowest BCUT2D eigenvalue weighted by Crippen LogP contribution is -2.34. The van der Waals surface area contributed by atoms with Crippen LogP contribution in [0.2, 0.25) is 0 Å². The first-order valence-corrected chi connectivity index (χ1v) is 10.9. The molecule has 152 valence electrons. The van der Waals surface area contributed by atoms with Crippen molar-refractivity contribution in [1.82, 2.24) is 9.62 Å². The molecule has 5 nitrogen and oxygen atoms in total. The number of hydrogen-bond donors (Lipinski definition) is 1. The molecule has 1 unspecified atom stereocenters. The molecule has 1 saturated heterocycles. The quantitative estimate of drug-likeness (QED) is 0.780. The summed E-state index contributed by atoms with van der Waals surface area (Å²) in [5, 5.41) is 1.75. The van der Waals surface area contributed by atoms with Crippen LogP contribution in [0.5, 0.6) is 0 Å². The summed E-state index contributed by atoms with van der Waals surface area (Å²) in [6.45, 7) is 0.828. The first-order valence-electron chi connectivity index (χ1n) is 8.61. The number of nitrogens with zero attached hydrogens (tertiary/aromatic N) is 1. The average molecular weight is 432 g/mol. The van der Waals surface area contributed by atoms with Crippen molar-refractivity contribution in [2.45, 2.75) is 36.9 Å². The Hall–Kier alpha value is -1.91. The summed E-state index contributed by atoms with van der Waals surface area (Å²) < 4.78 is 64.6. The minimum absolute atomic E-state index is 0.104. The fourth-order valence-corrected chi connectivity index (χ4v) is 5.97. The average Bonchev–Trinajstić information content (AvgIpc) is 3.28. The van der Waals surface area contributed by atoms with Gasteiger partial charge in [0.25, 0.3) is 5.91 Å². The zero-order valence-corrected chi connectivity index (χ0v) is 16.6. The van der Waals surface area contributed by atoms with Gasteiger partial charge in [-0.2, -0.15) is 17.5 Å². The van der Waals surface area contributed by atoms with Crippen molar-refractivity contribution in [3.63, 3.8) is 0 Å². The topological polar surface area (TPSA) is 66.5 Å². The van der Waals surface area contributed by atoms with Gasteiger partial charge in [0.1, 0.15) is 6.54 Å². The number of hydrogen-bond acceptors (Lipinski definition) is 4. The molecule has 10 heteroatoms. The van der Waals surface area contributed by atoms with Crippen LogP contribution in [0.15, 0.2) is 41.3 Å². The molecule has 1 amide bonds. The fourth-order valence-electron chi connectivity index (χ4n) is 3.16. The summed E-state index contributed by atoms with van der Waals surface area (Å²) in [6.07, 6.45) is -3.13. The molecule has 0 spiro atoms. The SMILES string of the molecule is Cc1ccc(C2CCCN2S(=O)(=O)c2cccc(C(=O)NCC(F)(F)F)c2)s1. The van der Waals surface area contributed by atoms with E-state index >= 15 is 0 Å². The third-order valence-electron chi connectivity index (χ3n) is 4.45. The molecule has 0 saturated carbocycles. The van der Waals surface area contributed by atoms with Crippen molar-refractivity contribution in [2.75, 3.05) is 13.1 Å². The summed E-state index contributed by atoms with van der Waals surface area (Å²) in [5.74, 6) is -0.971. The third kappa shape index (κ3) is 4.56. The van der Waals surface area contributed by atoms with Crippen LogP contribution in [-0.4, -0.2) is 37.9 Å². The second-order valence-electron chi connectivity index (χ2n) is 6.55. The Bertz CT molecular complexity index is 970. The Kier molecular flexibility index (Phi) is 5.83. The van der Waals surface area contributed by atoms with Gasteiger partial charge in [0, 0.05) is 21.9 Å². The minimum Gasteiger partial charge on any atom is -0.343 e. The molecule has 0 aliphatic carbocycles. The van der Waals surface area contributed by atoms with Crippen LogP contribution < -0.4 is 5.32 Å². The number of carbonyl (C=O) groups excluding carboxylic acids is 1. The van der Waals surface area contributed by atoms with Gasteiger partial charge < -0.3 is 5.32 Å². The summed E-state index contributed by atoms with van der Waals surface area (Å²) in [5.41, 5.74) is -0.131. The van der Waals surface area contributed by atoms with E-state index < -0.39 is 28.7 Å². The Morgan fingerprint density at radius 2 is 2.04 bits per heavy atom. The molecule has 3 rings (SSSR count). The van der Waals surface area contributed by atoms with E-state index in [1.807, 2.05) is 19.1 Å². The Morgan fingerprint density at radius 3 is 2.68 bits per heavy atom. The van der Waals surface area contributed by atoms with Crippen molar-refractivity contribution < 1.29 is 26.4 Å². The molecular weight excluding hydrogens is 413 g/mol. The van der Waals surface area contributed by atoms with Crippen molar-refractivity contribution in [2.24, 2.45) is 0 Å². The highest BCUT2D eigenvalue weighted by molar-refractivity contribution is 7.89. The molecule has 1 aliphatic heterocycles. The lowest BCUT2D eigenvalue weighted by molar-refractivity contribution is -0.123. The van der Waals surface area contributed by atoms with E-state index in [4.69, 9.17) is 0 Å². The van der Waals surface area contributed by atoms with Crippen molar-refractivity contribution >= 4 is 27.3 Å². The minimum atomic E-state index is -4.54. The number of rotatable bonds is 5. The summed E-state index contributed by atoms with van der Waals surface area (Å²) in [7, 11) is -3.89. The van der Waals surface area contributed by atoms with Gasteiger partial charge in [0.15, 0.2) is 0 Å². The molecule has 2 heterocycles. The Balaban J connectivity index is 1.85. The highest BCUT2D eigenvalue weighted by Crippen LogP contribution is 2.39. The highest BCUT2D eigenvalue weighted by Gasteiger charge is 2.37. The normalized spacial score (nSPS) is 18.4. The number of carbonyl (C=O) groups is 1. The molecular formula is C18H19F3N2O3S2. The molecule has 0 radical (unpaired) electrons. The maximum absolute atomic E-state index is 13.1. The number of sulfonamides is 1. The van der Waals surface area contributed by atoms with Crippen LogP contribution in [-0.2, 0) is 10.0 Å². The van der Waals surface area contributed by atoms with Crippen LogP contribution >= 0.6 is 11.3 Å². The van der Waals surface area contributed by atoms with Crippen LogP contribution in [0, 0.1) is 6.92 Å². The second-order valence-corrected chi connectivity index (χ2v) is 9.76. The molecule has 2 aromatic rings. The van der Waals surface area contributed by atoms with Gasteiger partial charge in [0.05, 0.1) is 10.9 Å². The molecule has 28 heavy (non-hydrogen) atoms. The Morgan fingerprint density at radius 1 is 1.29 bits per heavy atom. The van der Waals surface area contributed by atoms with E-state index in [2.05, 4.69) is 0 Å². The van der Waals surface area contributed by atoms with Gasteiger partial charge in [-0.3, -0.25) is 4.79 Å². The number of thiophene rings is 1. The lowest BCUT2D eigenvalue weighted by atomic mass is 10.2. The second kappa shape index (κ2) is 7.84. The van der Waals surface area contributed by atoms with Crippen LogP contribution in [0.3, 0.4) is 0 Å². The van der Waals surface area contributed by atoms with Crippen LogP contribution in [0.4, 0.5) is 13.2 Å². The number of benzene rings is 1. The molecule has 1 N–H and O–H groups in total. The zero-order chi connectivity index (χ0) is 20.5. The first-order chi connectivity index (χ1) is 13.1. The van der Waals surface area contributed by atoms with Gasteiger partial charge in [-0.1, -0.05) is 6.07 Å². The van der Waals surface area contributed by atoms with E-state index in [-0.39, 0.29) is 16.5 Å². The molecule has 1 aromatic carbocycles. The van der Waals surface area contributed by atoms with Crippen molar-refractivity contribution in [1.29, 1.82) is 0 Å². The highest BCUT2D eigenvalue weighted by atomic mass is 32.2. The van der Waals surface area contributed by atoms with Gasteiger partial charge in [-0.25, -0.2) is 8.42 Å².